The van der Waals surface area contributed by atoms with Gasteiger partial charge in [0.05, 0.1) is 13.5 Å². The van der Waals surface area contributed by atoms with Gasteiger partial charge in [-0.25, -0.2) is 0 Å². The summed E-state index contributed by atoms with van der Waals surface area (Å²) in [5, 5.41) is 8.14. The first-order valence-electron chi connectivity index (χ1n) is 2.63. The zero-order chi connectivity index (χ0) is 8.15. The van der Waals surface area contributed by atoms with Crippen molar-refractivity contribution in [2.45, 2.75) is 12.5 Å². The molecule has 0 aromatic rings. The van der Waals surface area contributed by atoms with E-state index < -0.39 is 24.4 Å². The van der Waals surface area contributed by atoms with Gasteiger partial charge in [0.1, 0.15) is 6.04 Å². The summed E-state index contributed by atoms with van der Waals surface area (Å²) in [5.74, 6) is -1.82. The zero-order valence-electron chi connectivity index (χ0n) is 5.94. The van der Waals surface area contributed by atoms with Gasteiger partial charge >= 0.3 is 11.9 Å². The van der Waals surface area contributed by atoms with Gasteiger partial charge in [-0.3, -0.25) is 9.59 Å². The molecule has 5 nitrogen and oxygen atoms in total. The molecule has 0 aliphatic rings. The van der Waals surface area contributed by atoms with Crippen LogP contribution < -0.4 is 5.73 Å². The molecule has 6 heteroatoms. The number of hydrogen-bond donors (Lipinski definition) is 2. The molecule has 0 radical (unpaired) electrons. The average molecular weight is 184 g/mol. The summed E-state index contributed by atoms with van der Waals surface area (Å²) in [5.41, 5.74) is 5.07. The van der Waals surface area contributed by atoms with E-state index in [9.17, 15) is 9.59 Å². The second-order valence-electron chi connectivity index (χ2n) is 1.73. The molecule has 0 spiro atoms. The van der Waals surface area contributed by atoms with Crippen LogP contribution in [0.4, 0.5) is 0 Å². The molecule has 0 rings (SSSR count). The van der Waals surface area contributed by atoms with E-state index in [2.05, 4.69) is 4.74 Å². The van der Waals surface area contributed by atoms with Gasteiger partial charge in [-0.15, -0.1) is 12.4 Å². The zero-order valence-corrected chi connectivity index (χ0v) is 6.76. The molecule has 3 N–H and O–H groups in total. The Kier molecular flexibility index (Phi) is 6.92. The molecule has 0 saturated carbocycles. The number of nitrogens with two attached hydrogens (primary N) is 1. The van der Waals surface area contributed by atoms with Gasteiger partial charge in [-0.2, -0.15) is 0 Å². The Bertz CT molecular complexity index is 149. The third-order valence-corrected chi connectivity index (χ3v) is 0.898. The number of hydrogen-bond acceptors (Lipinski definition) is 4. The highest BCUT2D eigenvalue weighted by molar-refractivity contribution is 5.85. The number of esters is 1. The minimum absolute atomic E-state index is 0. The van der Waals surface area contributed by atoms with Crippen molar-refractivity contribution in [1.82, 2.24) is 0 Å². The van der Waals surface area contributed by atoms with E-state index in [1.165, 1.54) is 0 Å². The molecule has 0 bridgehead atoms. The Labute approximate surface area is 69.9 Å². The van der Waals surface area contributed by atoms with Crippen molar-refractivity contribution in [3.63, 3.8) is 0 Å². The van der Waals surface area contributed by atoms with Crippen LogP contribution in [0.2, 0.25) is 0 Å². The summed E-state index contributed by atoms with van der Waals surface area (Å²) < 4.78 is 4.19. The van der Waals surface area contributed by atoms with Crippen LogP contribution in [0.1, 0.15) is 6.42 Å². The molecule has 0 saturated heterocycles. The SMILES string of the molecule is COC(=O)[C@H](N)CC(=O)O.Cl. The predicted octanol–water partition coefficient (Wildman–Crippen LogP) is -0.617. The Morgan fingerprint density at radius 2 is 2.09 bits per heavy atom. The first kappa shape index (κ1) is 12.8. The standard InChI is InChI=1S/C5H9NO4.ClH/c1-10-5(9)3(6)2-4(7)8;/h3H,2,6H2,1H3,(H,7,8);1H/t3-;/m1./s1. The fraction of sp³-hybridized carbons (Fsp3) is 0.600. The minimum atomic E-state index is -1.11. The van der Waals surface area contributed by atoms with Crippen molar-refractivity contribution in [3.05, 3.63) is 0 Å². The van der Waals surface area contributed by atoms with Gasteiger partial charge in [0.25, 0.3) is 0 Å². The highest BCUT2D eigenvalue weighted by Crippen LogP contribution is 1.89. The summed E-state index contributed by atoms with van der Waals surface area (Å²) >= 11 is 0. The van der Waals surface area contributed by atoms with Crippen LogP contribution in [0.5, 0.6) is 0 Å². The van der Waals surface area contributed by atoms with Gasteiger partial charge in [0.15, 0.2) is 0 Å². The summed E-state index contributed by atoms with van der Waals surface area (Å²) in [4.78, 5) is 20.4. The number of carbonyl (C=O) groups excluding carboxylic acids is 1. The molecular weight excluding hydrogens is 174 g/mol. The highest BCUT2D eigenvalue weighted by Gasteiger charge is 2.16. The Balaban J connectivity index is 0. The number of ether oxygens (including phenoxy) is 1. The van der Waals surface area contributed by atoms with Crippen molar-refractivity contribution >= 4 is 24.3 Å². The molecule has 11 heavy (non-hydrogen) atoms. The van der Waals surface area contributed by atoms with Crippen molar-refractivity contribution in [2.75, 3.05) is 7.11 Å². The quantitative estimate of drug-likeness (QED) is 0.570. The summed E-state index contributed by atoms with van der Waals surface area (Å²) in [6.45, 7) is 0. The number of carbonyl (C=O) groups is 2. The topological polar surface area (TPSA) is 89.6 Å². The lowest BCUT2D eigenvalue weighted by Crippen LogP contribution is -2.33. The summed E-state index contributed by atoms with van der Waals surface area (Å²) in [6, 6.07) is -1.05. The Hall–Kier alpha value is -0.810. The van der Waals surface area contributed by atoms with E-state index in [1.807, 2.05) is 0 Å². The number of methoxy groups -OCH3 is 1. The lowest BCUT2D eigenvalue weighted by atomic mass is 10.2. The Morgan fingerprint density at radius 1 is 1.64 bits per heavy atom. The van der Waals surface area contributed by atoms with Crippen molar-refractivity contribution in [3.8, 4) is 0 Å². The van der Waals surface area contributed by atoms with Gasteiger partial charge < -0.3 is 15.6 Å². The number of carboxylic acids is 1. The third kappa shape index (κ3) is 5.63. The Morgan fingerprint density at radius 3 is 2.36 bits per heavy atom. The maximum absolute atomic E-state index is 10.4. The maximum Gasteiger partial charge on any atom is 0.323 e. The van der Waals surface area contributed by atoms with E-state index >= 15 is 0 Å². The molecule has 0 amide bonds. The largest absolute Gasteiger partial charge is 0.481 e. The third-order valence-electron chi connectivity index (χ3n) is 0.898. The summed E-state index contributed by atoms with van der Waals surface area (Å²) in [6.07, 6.45) is -0.396. The monoisotopic (exact) mass is 183 g/mol. The molecule has 0 fully saturated rings. The first-order chi connectivity index (χ1) is 4.57. The van der Waals surface area contributed by atoms with Crippen molar-refractivity contribution in [1.29, 1.82) is 0 Å². The second-order valence-corrected chi connectivity index (χ2v) is 1.73. The van der Waals surface area contributed by atoms with Crippen molar-refractivity contribution < 1.29 is 19.4 Å². The average Bonchev–Trinajstić information content (AvgIpc) is 1.85. The number of carboxylic acid groups (broad SMARTS) is 1. The molecule has 66 valence electrons. The molecule has 0 unspecified atom stereocenters. The van der Waals surface area contributed by atoms with Crippen LogP contribution in [0.15, 0.2) is 0 Å². The lowest BCUT2D eigenvalue weighted by Gasteiger charge is -2.04. The van der Waals surface area contributed by atoms with E-state index in [-0.39, 0.29) is 12.4 Å². The van der Waals surface area contributed by atoms with Crippen LogP contribution >= 0.6 is 12.4 Å². The van der Waals surface area contributed by atoms with E-state index in [4.69, 9.17) is 10.8 Å². The van der Waals surface area contributed by atoms with E-state index in [0.717, 1.165) is 7.11 Å². The fourth-order valence-corrected chi connectivity index (χ4v) is 0.423. The van der Waals surface area contributed by atoms with Gasteiger partial charge in [0, 0.05) is 0 Å². The normalized spacial score (nSPS) is 11.1. The molecule has 0 heterocycles. The van der Waals surface area contributed by atoms with Crippen LogP contribution in [0, 0.1) is 0 Å². The van der Waals surface area contributed by atoms with Crippen LogP contribution in [-0.4, -0.2) is 30.2 Å². The fourth-order valence-electron chi connectivity index (χ4n) is 0.423. The molecular formula is C5H10ClNO4. The number of halogens is 1. The van der Waals surface area contributed by atoms with Crippen molar-refractivity contribution in [2.24, 2.45) is 5.73 Å². The number of rotatable bonds is 3. The number of aliphatic carboxylic acids is 1. The first-order valence-corrected chi connectivity index (χ1v) is 2.63. The van der Waals surface area contributed by atoms with Crippen LogP contribution in [0.3, 0.4) is 0 Å². The lowest BCUT2D eigenvalue weighted by molar-refractivity contribution is -0.147. The predicted molar refractivity (Wildman–Crippen MR) is 39.5 cm³/mol. The van der Waals surface area contributed by atoms with Gasteiger partial charge in [-0.1, -0.05) is 0 Å². The summed E-state index contributed by atoms with van der Waals surface area (Å²) in [7, 11) is 1.16. The van der Waals surface area contributed by atoms with E-state index in [0.29, 0.717) is 0 Å². The molecule has 0 aliphatic carbocycles. The van der Waals surface area contributed by atoms with Gasteiger partial charge in [-0.05, 0) is 0 Å². The van der Waals surface area contributed by atoms with Crippen LogP contribution in [-0.2, 0) is 14.3 Å². The molecule has 0 aromatic carbocycles. The van der Waals surface area contributed by atoms with E-state index in [1.54, 1.807) is 0 Å². The second kappa shape index (κ2) is 5.94. The van der Waals surface area contributed by atoms with Crippen LogP contribution in [0.25, 0.3) is 0 Å². The molecule has 1 atom stereocenters. The molecule has 0 aliphatic heterocycles. The van der Waals surface area contributed by atoms with Gasteiger partial charge in [0.2, 0.25) is 0 Å². The molecule has 0 aromatic heterocycles. The smallest absolute Gasteiger partial charge is 0.323 e. The maximum atomic E-state index is 10.4. The highest BCUT2D eigenvalue weighted by atomic mass is 35.5. The minimum Gasteiger partial charge on any atom is -0.481 e.